The van der Waals surface area contributed by atoms with Crippen molar-refractivity contribution in [2.24, 2.45) is 11.8 Å². The zero-order valence-electron chi connectivity index (χ0n) is 16.4. The van der Waals surface area contributed by atoms with Crippen molar-refractivity contribution < 1.29 is 23.1 Å². The number of piperidine rings is 1. The second kappa shape index (κ2) is 8.78. The first-order valence-corrected chi connectivity index (χ1v) is 8.99. The molecular weight excluding hydrogens is 343 g/mol. The summed E-state index contributed by atoms with van der Waals surface area (Å²) in [5.74, 6) is 1.47. The highest BCUT2D eigenvalue weighted by molar-refractivity contribution is 5.76. The molecule has 1 aromatic carbocycles. The second-order valence-electron chi connectivity index (χ2n) is 7.70. The molecule has 1 aromatic rings. The van der Waals surface area contributed by atoms with Gasteiger partial charge in [0.25, 0.3) is 0 Å². The van der Waals surface area contributed by atoms with Crippen molar-refractivity contribution in [1.29, 1.82) is 0 Å². The minimum absolute atomic E-state index is 0.00674. The van der Waals surface area contributed by atoms with Crippen LogP contribution in [0.15, 0.2) is 12.1 Å². The molecule has 0 saturated carbocycles. The predicted octanol–water partition coefficient (Wildman–Crippen LogP) is 5.35. The lowest BCUT2D eigenvalue weighted by Crippen LogP contribution is -2.38. The predicted molar refractivity (Wildman–Crippen MR) is 97.1 cm³/mol. The van der Waals surface area contributed by atoms with Gasteiger partial charge in [-0.05, 0) is 54.4 Å². The number of carbonyl (C=O) groups excluding carboxylic acids is 1. The lowest BCUT2D eigenvalue weighted by Gasteiger charge is -2.31. The third-order valence-corrected chi connectivity index (χ3v) is 4.88. The molecule has 0 radical (unpaired) electrons. The van der Waals surface area contributed by atoms with Crippen LogP contribution in [0.3, 0.4) is 0 Å². The first-order valence-electron chi connectivity index (χ1n) is 8.99. The number of carbonyl (C=O) groups is 1. The van der Waals surface area contributed by atoms with Gasteiger partial charge in [-0.15, -0.1) is 0 Å². The first-order chi connectivity index (χ1) is 11.8. The summed E-state index contributed by atoms with van der Waals surface area (Å²) in [6.45, 7) is 10.6. The lowest BCUT2D eigenvalue weighted by atomic mass is 9.88. The van der Waals surface area contributed by atoms with E-state index in [0.717, 1.165) is 37.4 Å². The molecule has 3 nitrogen and oxygen atoms in total. The fraction of sp³-hybridized carbons (Fsp3) is 0.650. The number of aryl methyl sites for hydroxylation is 1. The summed E-state index contributed by atoms with van der Waals surface area (Å²) in [5, 5.41) is 9.51. The standard InChI is InChI=1S/C11H13F3O.C9H17NO/c1-6(2)10-7(3)4-8(5-9(10)15)11(12,13)14;1-7(2)8-4-5-9(11)10(3)6-8/h4-6,15H,1-3H3;7-8H,4-6H2,1-3H3. The van der Waals surface area contributed by atoms with E-state index in [-0.39, 0.29) is 11.7 Å². The van der Waals surface area contributed by atoms with E-state index in [1.165, 1.54) is 0 Å². The van der Waals surface area contributed by atoms with Crippen LogP contribution in [0, 0.1) is 18.8 Å². The molecule has 1 fully saturated rings. The van der Waals surface area contributed by atoms with E-state index in [2.05, 4.69) is 13.8 Å². The molecule has 6 heteroatoms. The molecular formula is C20H30F3NO2. The van der Waals surface area contributed by atoms with Crippen LogP contribution in [0.25, 0.3) is 0 Å². The molecule has 0 aliphatic carbocycles. The van der Waals surface area contributed by atoms with Gasteiger partial charge in [0.2, 0.25) is 5.91 Å². The van der Waals surface area contributed by atoms with Gasteiger partial charge in [0.1, 0.15) is 5.75 Å². The van der Waals surface area contributed by atoms with Crippen LogP contribution < -0.4 is 0 Å². The number of phenols is 1. The Labute approximate surface area is 154 Å². The average Bonchev–Trinajstić information content (AvgIpc) is 2.48. The zero-order chi connectivity index (χ0) is 20.2. The molecule has 1 unspecified atom stereocenters. The molecule has 1 aliphatic heterocycles. The molecule has 1 aliphatic rings. The van der Waals surface area contributed by atoms with E-state index in [9.17, 15) is 23.1 Å². The number of halogens is 3. The SMILES string of the molecule is CC(C)C1CCC(=O)N(C)C1.Cc1cc(C(F)(F)F)cc(O)c1C(C)C. The number of amides is 1. The van der Waals surface area contributed by atoms with Crippen LogP contribution in [0.5, 0.6) is 5.75 Å². The molecule has 1 heterocycles. The fourth-order valence-corrected chi connectivity index (χ4v) is 3.28. The number of hydrogen-bond donors (Lipinski definition) is 1. The Morgan fingerprint density at radius 3 is 2.15 bits per heavy atom. The van der Waals surface area contributed by atoms with Gasteiger partial charge < -0.3 is 10.0 Å². The van der Waals surface area contributed by atoms with Gasteiger partial charge in [-0.1, -0.05) is 27.7 Å². The van der Waals surface area contributed by atoms with Crippen molar-refractivity contribution >= 4 is 5.91 Å². The summed E-state index contributed by atoms with van der Waals surface area (Å²) in [5.41, 5.74) is 0.238. The van der Waals surface area contributed by atoms with Gasteiger partial charge in [0.05, 0.1) is 5.56 Å². The van der Waals surface area contributed by atoms with Gasteiger partial charge in [-0.25, -0.2) is 0 Å². The van der Waals surface area contributed by atoms with Crippen LogP contribution in [0.1, 0.15) is 63.1 Å². The van der Waals surface area contributed by atoms with Crippen molar-refractivity contribution in [3.8, 4) is 5.75 Å². The maximum Gasteiger partial charge on any atom is 0.416 e. The minimum atomic E-state index is -4.41. The maximum atomic E-state index is 12.4. The number of phenolic OH excluding ortho intramolecular Hbond substituents is 1. The van der Waals surface area contributed by atoms with E-state index >= 15 is 0 Å². The zero-order valence-corrected chi connectivity index (χ0v) is 16.4. The average molecular weight is 373 g/mol. The highest BCUT2D eigenvalue weighted by Gasteiger charge is 2.32. The first kappa shape index (κ1) is 22.3. The molecule has 1 N–H and O–H groups in total. The quantitative estimate of drug-likeness (QED) is 0.759. The van der Waals surface area contributed by atoms with Crippen molar-refractivity contribution in [3.63, 3.8) is 0 Å². The van der Waals surface area contributed by atoms with E-state index in [0.29, 0.717) is 23.0 Å². The third-order valence-electron chi connectivity index (χ3n) is 4.88. The number of likely N-dealkylation sites (tertiary alicyclic amines) is 1. The number of nitrogens with zero attached hydrogens (tertiary/aromatic N) is 1. The van der Waals surface area contributed by atoms with Crippen LogP contribution in [-0.2, 0) is 11.0 Å². The van der Waals surface area contributed by atoms with Crippen LogP contribution in [0.4, 0.5) is 13.2 Å². The number of hydrogen-bond acceptors (Lipinski definition) is 2. The maximum absolute atomic E-state index is 12.4. The van der Waals surface area contributed by atoms with Gasteiger partial charge in [-0.2, -0.15) is 13.2 Å². The molecule has 2 rings (SSSR count). The summed E-state index contributed by atoms with van der Waals surface area (Å²) >= 11 is 0. The summed E-state index contributed by atoms with van der Waals surface area (Å²) in [6, 6.07) is 1.84. The van der Waals surface area contributed by atoms with Gasteiger partial charge in [-0.3, -0.25) is 4.79 Å². The van der Waals surface area contributed by atoms with Gasteiger partial charge in [0.15, 0.2) is 0 Å². The number of benzene rings is 1. The largest absolute Gasteiger partial charge is 0.508 e. The highest BCUT2D eigenvalue weighted by atomic mass is 19.4. The van der Waals surface area contributed by atoms with Gasteiger partial charge in [0, 0.05) is 20.0 Å². The van der Waals surface area contributed by atoms with Crippen LogP contribution >= 0.6 is 0 Å². The Hall–Kier alpha value is -1.72. The molecule has 0 aromatic heterocycles. The summed E-state index contributed by atoms with van der Waals surface area (Å²) in [4.78, 5) is 12.9. The van der Waals surface area contributed by atoms with E-state index in [1.807, 2.05) is 25.8 Å². The van der Waals surface area contributed by atoms with Crippen LogP contribution in [-0.4, -0.2) is 29.5 Å². The van der Waals surface area contributed by atoms with E-state index < -0.39 is 11.7 Å². The normalized spacial score (nSPS) is 18.2. The molecule has 26 heavy (non-hydrogen) atoms. The number of rotatable bonds is 2. The van der Waals surface area contributed by atoms with E-state index in [1.54, 1.807) is 6.92 Å². The Balaban J connectivity index is 0.000000273. The van der Waals surface area contributed by atoms with Crippen molar-refractivity contribution in [2.75, 3.05) is 13.6 Å². The molecule has 1 amide bonds. The second-order valence-corrected chi connectivity index (χ2v) is 7.70. The molecule has 148 valence electrons. The minimum Gasteiger partial charge on any atom is -0.508 e. The van der Waals surface area contributed by atoms with Crippen molar-refractivity contribution in [1.82, 2.24) is 4.90 Å². The topological polar surface area (TPSA) is 40.5 Å². The molecule has 0 bridgehead atoms. The number of aromatic hydroxyl groups is 1. The smallest absolute Gasteiger partial charge is 0.416 e. The Morgan fingerprint density at radius 1 is 1.19 bits per heavy atom. The van der Waals surface area contributed by atoms with Crippen molar-refractivity contribution in [3.05, 3.63) is 28.8 Å². The Bertz CT molecular complexity index is 601. The van der Waals surface area contributed by atoms with Crippen molar-refractivity contribution in [2.45, 2.75) is 59.6 Å². The Morgan fingerprint density at radius 2 is 1.77 bits per heavy atom. The number of alkyl halides is 3. The highest BCUT2D eigenvalue weighted by Crippen LogP contribution is 2.36. The molecule has 1 saturated heterocycles. The third kappa shape index (κ3) is 5.92. The molecule has 1 atom stereocenters. The van der Waals surface area contributed by atoms with Gasteiger partial charge >= 0.3 is 6.18 Å². The summed E-state index contributed by atoms with van der Waals surface area (Å²) in [6.07, 6.45) is -2.57. The van der Waals surface area contributed by atoms with E-state index in [4.69, 9.17) is 0 Å². The monoisotopic (exact) mass is 373 g/mol. The van der Waals surface area contributed by atoms with Crippen LogP contribution in [0.2, 0.25) is 0 Å². The lowest BCUT2D eigenvalue weighted by molar-refractivity contribution is -0.137. The summed E-state index contributed by atoms with van der Waals surface area (Å²) < 4.78 is 37.1. The Kier molecular flexibility index (Phi) is 7.54. The fourth-order valence-electron chi connectivity index (χ4n) is 3.28. The molecule has 0 spiro atoms. The summed E-state index contributed by atoms with van der Waals surface area (Å²) in [7, 11) is 1.90.